The molecule has 0 atom stereocenters. The molecule has 38 heavy (non-hydrogen) atoms. The van der Waals surface area contributed by atoms with Gasteiger partial charge in [0.15, 0.2) is 0 Å². The van der Waals surface area contributed by atoms with Gasteiger partial charge >= 0.3 is 0 Å². The first-order chi connectivity index (χ1) is 18.1. The van der Waals surface area contributed by atoms with E-state index in [9.17, 15) is 14.8 Å². The highest BCUT2D eigenvalue weighted by Crippen LogP contribution is 2.37. The molecule has 2 aromatic carbocycles. The van der Waals surface area contributed by atoms with Crippen LogP contribution in [0, 0.1) is 34.8 Å². The molecule has 1 fully saturated rings. The number of fused-ring (bicyclic) bond motifs is 1. The van der Waals surface area contributed by atoms with E-state index in [0.717, 1.165) is 12.8 Å². The van der Waals surface area contributed by atoms with E-state index in [1.807, 2.05) is 10.5 Å². The summed E-state index contributed by atoms with van der Waals surface area (Å²) >= 11 is 0. The van der Waals surface area contributed by atoms with Crippen molar-refractivity contribution in [2.45, 2.75) is 38.3 Å². The monoisotopic (exact) mass is 512 g/mol. The van der Waals surface area contributed by atoms with Gasteiger partial charge < -0.3 is 15.7 Å². The minimum atomic E-state index is -1.27. The highest BCUT2D eigenvalue weighted by molar-refractivity contribution is 5.91. The SMILES string of the molecule is CC(C)(O)C#Cc1ccc(-c2c(-c3ccc(C#N)c(F)c3)nc(N3CCC(N)CC3)n3ccnc23)cc1F. The lowest BCUT2D eigenvalue weighted by molar-refractivity contribution is 0.143. The first kappa shape index (κ1) is 25.3. The molecular formula is C29H26F2N6O. The van der Waals surface area contributed by atoms with Gasteiger partial charge in [0.2, 0.25) is 5.95 Å². The number of nitrogens with zero attached hydrogens (tertiary/aromatic N) is 5. The maximum atomic E-state index is 15.2. The second-order valence-electron chi connectivity index (χ2n) is 9.89. The molecule has 192 valence electrons. The Bertz CT molecular complexity index is 1630. The molecule has 4 aromatic rings. The molecule has 0 saturated carbocycles. The van der Waals surface area contributed by atoms with Crippen molar-refractivity contribution in [1.82, 2.24) is 14.4 Å². The zero-order valence-corrected chi connectivity index (χ0v) is 21.0. The number of aliphatic hydroxyl groups is 1. The molecule has 0 amide bonds. The molecule has 0 spiro atoms. The van der Waals surface area contributed by atoms with E-state index in [2.05, 4.69) is 21.7 Å². The van der Waals surface area contributed by atoms with E-state index in [0.29, 0.717) is 47.1 Å². The van der Waals surface area contributed by atoms with E-state index < -0.39 is 17.2 Å². The van der Waals surface area contributed by atoms with Gasteiger partial charge in [-0.3, -0.25) is 4.40 Å². The molecule has 0 unspecified atom stereocenters. The third-order valence-electron chi connectivity index (χ3n) is 6.47. The van der Waals surface area contributed by atoms with Crippen molar-refractivity contribution in [3.63, 3.8) is 0 Å². The Morgan fingerprint density at radius 3 is 2.37 bits per heavy atom. The van der Waals surface area contributed by atoms with Gasteiger partial charge in [-0.15, -0.1) is 0 Å². The average molecular weight is 513 g/mol. The van der Waals surface area contributed by atoms with Gasteiger partial charge in [-0.2, -0.15) is 5.26 Å². The second-order valence-corrected chi connectivity index (χ2v) is 9.89. The Hall–Kier alpha value is -4.31. The van der Waals surface area contributed by atoms with Crippen molar-refractivity contribution in [2.24, 2.45) is 5.73 Å². The lowest BCUT2D eigenvalue weighted by Crippen LogP contribution is -2.40. The Balaban J connectivity index is 1.73. The summed E-state index contributed by atoms with van der Waals surface area (Å²) < 4.78 is 31.8. The molecule has 1 aliphatic rings. The fourth-order valence-corrected chi connectivity index (χ4v) is 4.51. The van der Waals surface area contributed by atoms with E-state index >= 15 is 4.39 Å². The van der Waals surface area contributed by atoms with Gasteiger partial charge in [0, 0.05) is 37.1 Å². The van der Waals surface area contributed by atoms with E-state index in [4.69, 9.17) is 10.7 Å². The van der Waals surface area contributed by atoms with Crippen LogP contribution in [0.3, 0.4) is 0 Å². The second kappa shape index (κ2) is 9.86. The summed E-state index contributed by atoms with van der Waals surface area (Å²) in [4.78, 5) is 11.6. The molecule has 0 aliphatic carbocycles. The predicted molar refractivity (Wildman–Crippen MR) is 141 cm³/mol. The molecule has 1 saturated heterocycles. The standard InChI is InChI=1S/C29H26F2N6O/c1-29(2,38)10-7-18-3-4-19(15-23(18)30)25-26(20-5-6-21(17-32)24(31)16-20)35-28(37-14-11-34-27(25)37)36-12-8-22(33)9-13-36/h3-6,11,14-16,22,38H,8-9,12-13,33H2,1-2H3. The highest BCUT2D eigenvalue weighted by atomic mass is 19.1. The number of piperidine rings is 1. The summed E-state index contributed by atoms with van der Waals surface area (Å²) in [5.74, 6) is 4.68. The molecule has 3 heterocycles. The normalized spacial score (nSPS) is 14.3. The van der Waals surface area contributed by atoms with Crippen LogP contribution >= 0.6 is 0 Å². The van der Waals surface area contributed by atoms with Crippen molar-refractivity contribution >= 4 is 11.6 Å². The summed E-state index contributed by atoms with van der Waals surface area (Å²) in [6.45, 7) is 4.44. The summed E-state index contributed by atoms with van der Waals surface area (Å²) in [6.07, 6.45) is 5.04. The Labute approximate surface area is 219 Å². The van der Waals surface area contributed by atoms with Gasteiger partial charge in [0.1, 0.15) is 29.0 Å². The molecule has 2 aromatic heterocycles. The van der Waals surface area contributed by atoms with Gasteiger partial charge in [0.25, 0.3) is 0 Å². The number of benzene rings is 2. The zero-order chi connectivity index (χ0) is 27.0. The number of rotatable bonds is 3. The maximum absolute atomic E-state index is 15.2. The minimum absolute atomic E-state index is 0.0804. The van der Waals surface area contributed by atoms with E-state index in [1.54, 1.807) is 24.5 Å². The number of nitrogens with two attached hydrogens (primary N) is 1. The number of hydrogen-bond acceptors (Lipinski definition) is 6. The van der Waals surface area contributed by atoms with Crippen LogP contribution in [0.1, 0.15) is 37.8 Å². The number of nitriles is 1. The summed E-state index contributed by atoms with van der Waals surface area (Å²) in [5.41, 5.74) is 7.26. The Morgan fingerprint density at radius 2 is 1.71 bits per heavy atom. The predicted octanol–water partition coefficient (Wildman–Crippen LogP) is 4.26. The van der Waals surface area contributed by atoms with Gasteiger partial charge in [0.05, 0.1) is 22.4 Å². The van der Waals surface area contributed by atoms with Gasteiger partial charge in [-0.05, 0) is 56.5 Å². The maximum Gasteiger partial charge on any atom is 0.211 e. The van der Waals surface area contributed by atoms with Gasteiger partial charge in [-0.25, -0.2) is 18.7 Å². The Morgan fingerprint density at radius 1 is 1.05 bits per heavy atom. The van der Waals surface area contributed by atoms with Crippen LogP contribution in [-0.4, -0.2) is 44.2 Å². The highest BCUT2D eigenvalue weighted by Gasteiger charge is 2.25. The first-order valence-corrected chi connectivity index (χ1v) is 12.3. The molecule has 7 nitrogen and oxygen atoms in total. The summed E-state index contributed by atoms with van der Waals surface area (Å²) in [5, 5.41) is 19.1. The van der Waals surface area contributed by atoms with Crippen molar-refractivity contribution in [3.05, 3.63) is 71.6 Å². The third kappa shape index (κ3) is 4.95. The summed E-state index contributed by atoms with van der Waals surface area (Å²) in [7, 11) is 0. The molecule has 3 N–H and O–H groups in total. The molecule has 0 radical (unpaired) electrons. The lowest BCUT2D eigenvalue weighted by Gasteiger charge is -2.32. The molecule has 5 rings (SSSR count). The van der Waals surface area contributed by atoms with Crippen molar-refractivity contribution < 1.29 is 13.9 Å². The zero-order valence-electron chi connectivity index (χ0n) is 21.0. The first-order valence-electron chi connectivity index (χ1n) is 12.3. The largest absolute Gasteiger partial charge is 0.378 e. The van der Waals surface area contributed by atoms with Crippen LogP contribution in [0.25, 0.3) is 28.0 Å². The number of anilines is 1. The van der Waals surface area contributed by atoms with Crippen LogP contribution in [0.4, 0.5) is 14.7 Å². The van der Waals surface area contributed by atoms with Crippen LogP contribution < -0.4 is 10.6 Å². The fraction of sp³-hybridized carbons (Fsp3) is 0.276. The molecular weight excluding hydrogens is 486 g/mol. The topological polar surface area (TPSA) is 103 Å². The number of halogens is 2. The van der Waals surface area contributed by atoms with Crippen LogP contribution in [0.5, 0.6) is 0 Å². The van der Waals surface area contributed by atoms with Crippen molar-refractivity contribution in [3.8, 4) is 40.3 Å². The average Bonchev–Trinajstić information content (AvgIpc) is 3.37. The van der Waals surface area contributed by atoms with Crippen molar-refractivity contribution in [2.75, 3.05) is 18.0 Å². The van der Waals surface area contributed by atoms with E-state index in [1.165, 1.54) is 38.1 Å². The van der Waals surface area contributed by atoms with Crippen LogP contribution in [0.2, 0.25) is 0 Å². The minimum Gasteiger partial charge on any atom is -0.378 e. The lowest BCUT2D eigenvalue weighted by atomic mass is 9.97. The van der Waals surface area contributed by atoms with Crippen molar-refractivity contribution in [1.29, 1.82) is 5.26 Å². The summed E-state index contributed by atoms with van der Waals surface area (Å²) in [6, 6.07) is 10.8. The van der Waals surface area contributed by atoms with Crippen LogP contribution in [0.15, 0.2) is 48.8 Å². The molecule has 0 bridgehead atoms. The Kier molecular flexibility index (Phi) is 6.58. The van der Waals surface area contributed by atoms with Gasteiger partial charge in [-0.1, -0.05) is 24.0 Å². The quantitative estimate of drug-likeness (QED) is 0.398. The number of hydrogen-bond donors (Lipinski definition) is 2. The van der Waals surface area contributed by atoms with E-state index in [-0.39, 0.29) is 17.2 Å². The smallest absolute Gasteiger partial charge is 0.211 e. The van der Waals surface area contributed by atoms with Crippen LogP contribution in [-0.2, 0) is 0 Å². The molecule has 9 heteroatoms. The number of aromatic nitrogens is 3. The molecule has 1 aliphatic heterocycles. The fourth-order valence-electron chi connectivity index (χ4n) is 4.51. The number of imidazole rings is 1. The third-order valence-corrected chi connectivity index (χ3v) is 6.47.